The smallest absolute Gasteiger partial charge is 0.361 e. The molecule has 0 spiro atoms. The van der Waals surface area contributed by atoms with Crippen molar-refractivity contribution < 1.29 is 18.0 Å². The maximum atomic E-state index is 12.6. The number of hydrogen-bond acceptors (Lipinski definition) is 3. The van der Waals surface area contributed by atoms with Crippen LogP contribution in [0.3, 0.4) is 0 Å². The van der Waals surface area contributed by atoms with Gasteiger partial charge in [-0.3, -0.25) is 4.79 Å². The summed E-state index contributed by atoms with van der Waals surface area (Å²) in [5, 5.41) is 0.136. The lowest BCUT2D eigenvalue weighted by atomic mass is 9.95. The maximum Gasteiger partial charge on any atom is 0.451 e. The predicted molar refractivity (Wildman–Crippen MR) is 98.6 cm³/mol. The van der Waals surface area contributed by atoms with Gasteiger partial charge in [0.15, 0.2) is 0 Å². The molecule has 1 unspecified atom stereocenters. The summed E-state index contributed by atoms with van der Waals surface area (Å²) in [5.74, 6) is -0.976. The normalized spacial score (nSPS) is 12.5. The third-order valence-corrected chi connectivity index (χ3v) is 5.99. The number of carbonyl (C=O) groups excluding carboxylic acids is 1. The van der Waals surface area contributed by atoms with Crippen molar-refractivity contribution >= 4 is 31.6 Å². The highest BCUT2D eigenvalue weighted by atomic mass is 32.2. The fourth-order valence-electron chi connectivity index (χ4n) is 2.95. The number of H-pyrrole nitrogens is 1. The van der Waals surface area contributed by atoms with Gasteiger partial charge in [0, 0.05) is 23.5 Å². The van der Waals surface area contributed by atoms with E-state index in [-0.39, 0.29) is 17.2 Å². The summed E-state index contributed by atoms with van der Waals surface area (Å²) in [6.07, 6.45) is 1.72. The largest absolute Gasteiger partial charge is 0.451 e. The summed E-state index contributed by atoms with van der Waals surface area (Å²) >= 11 is 0. The number of ketones is 1. The molecule has 0 aliphatic carbocycles. The van der Waals surface area contributed by atoms with Crippen molar-refractivity contribution in [3.63, 3.8) is 0 Å². The average Bonchev–Trinajstić information content (AvgIpc) is 3.07. The van der Waals surface area contributed by atoms with Gasteiger partial charge in [0.05, 0.1) is 4.90 Å². The van der Waals surface area contributed by atoms with Gasteiger partial charge in [0.25, 0.3) is 15.6 Å². The van der Waals surface area contributed by atoms with Crippen LogP contribution in [-0.2, 0) is 14.6 Å². The lowest BCUT2D eigenvalue weighted by molar-refractivity contribution is -0.116. The summed E-state index contributed by atoms with van der Waals surface area (Å²) in [7, 11) is -4.16. The number of hydrogen-bond donors (Lipinski definition) is 1. The molecule has 1 aromatic heterocycles. The topological polar surface area (TPSA) is 103 Å². The number of nitrogens with one attached hydrogen (secondary N) is 1. The molecule has 3 rings (SSSR count). The fourth-order valence-corrected chi connectivity index (χ4v) is 4.18. The van der Waals surface area contributed by atoms with Gasteiger partial charge in [-0.25, -0.2) is 8.42 Å². The standard InChI is InChI=1S/C19H17N3O3S/c1-13(16-12-21-17-10-6-5-9-15(16)17)11-18(23)19(22-20)26(24,25)14-7-3-2-4-8-14/h2-10,12-13,21H,11H2,1H3. The van der Waals surface area contributed by atoms with Crippen molar-refractivity contribution in [1.82, 2.24) is 4.98 Å². The second kappa shape index (κ2) is 7.07. The molecule has 2 aromatic carbocycles. The van der Waals surface area contributed by atoms with E-state index >= 15 is 0 Å². The summed E-state index contributed by atoms with van der Waals surface area (Å²) in [5.41, 5.74) is 11.0. The van der Waals surface area contributed by atoms with Crippen molar-refractivity contribution in [3.8, 4) is 0 Å². The Labute approximate surface area is 151 Å². The first-order chi connectivity index (χ1) is 12.4. The van der Waals surface area contributed by atoms with Gasteiger partial charge in [0.2, 0.25) is 0 Å². The first kappa shape index (κ1) is 17.8. The van der Waals surface area contributed by atoms with Gasteiger partial charge in [0.1, 0.15) is 0 Å². The molecule has 0 aliphatic rings. The van der Waals surface area contributed by atoms with E-state index in [9.17, 15) is 18.7 Å². The van der Waals surface area contributed by atoms with Gasteiger partial charge in [-0.05, 0) is 29.7 Å². The first-order valence-corrected chi connectivity index (χ1v) is 9.55. The number of benzene rings is 2. The van der Waals surface area contributed by atoms with E-state index in [1.54, 1.807) is 18.2 Å². The molecule has 6 nitrogen and oxygen atoms in total. The van der Waals surface area contributed by atoms with Crippen LogP contribution in [0.15, 0.2) is 65.7 Å². The van der Waals surface area contributed by atoms with Crippen LogP contribution in [0.25, 0.3) is 16.4 Å². The van der Waals surface area contributed by atoms with Crippen molar-refractivity contribution in [3.05, 3.63) is 71.9 Å². The monoisotopic (exact) mass is 367 g/mol. The van der Waals surface area contributed by atoms with E-state index in [2.05, 4.69) is 9.77 Å². The summed E-state index contributed by atoms with van der Waals surface area (Å²) in [6.45, 7) is 1.83. The van der Waals surface area contributed by atoms with Crippen LogP contribution in [0.1, 0.15) is 24.8 Å². The Morgan fingerprint density at radius 3 is 2.46 bits per heavy atom. The number of carbonyl (C=O) groups is 1. The molecule has 0 aliphatic heterocycles. The zero-order valence-corrected chi connectivity index (χ0v) is 14.9. The number of aromatic nitrogens is 1. The van der Waals surface area contributed by atoms with E-state index in [1.807, 2.05) is 37.4 Å². The fraction of sp³-hybridized carbons (Fsp3) is 0.158. The van der Waals surface area contributed by atoms with Gasteiger partial charge in [-0.2, -0.15) is 0 Å². The second-order valence-corrected chi connectivity index (χ2v) is 7.90. The molecule has 0 fully saturated rings. The highest BCUT2D eigenvalue weighted by Gasteiger charge is 2.37. The third-order valence-electron chi connectivity index (χ3n) is 4.28. The van der Waals surface area contributed by atoms with E-state index in [0.717, 1.165) is 16.5 Å². The molecular formula is C19H17N3O3S. The highest BCUT2D eigenvalue weighted by molar-refractivity contribution is 8.08. The molecule has 1 heterocycles. The van der Waals surface area contributed by atoms with Gasteiger partial charge in [-0.1, -0.05) is 43.3 Å². The molecular weight excluding hydrogens is 350 g/mol. The zero-order chi connectivity index (χ0) is 18.7. The van der Waals surface area contributed by atoms with Gasteiger partial charge < -0.3 is 10.5 Å². The van der Waals surface area contributed by atoms with Crippen molar-refractivity contribution in [2.24, 2.45) is 0 Å². The lowest BCUT2D eigenvalue weighted by Gasteiger charge is -2.08. The molecule has 0 bridgehead atoms. The number of fused-ring (bicyclic) bond motifs is 1. The Bertz CT molecular complexity index is 1110. The van der Waals surface area contributed by atoms with Crippen LogP contribution in [0.2, 0.25) is 0 Å². The molecule has 0 radical (unpaired) electrons. The Morgan fingerprint density at radius 1 is 1.12 bits per heavy atom. The molecule has 0 saturated heterocycles. The number of para-hydroxylation sites is 1. The van der Waals surface area contributed by atoms with E-state index in [4.69, 9.17) is 0 Å². The van der Waals surface area contributed by atoms with Crippen molar-refractivity contribution in [1.29, 1.82) is 0 Å². The lowest BCUT2D eigenvalue weighted by Crippen LogP contribution is -2.26. The van der Waals surface area contributed by atoms with E-state index < -0.39 is 20.7 Å². The summed E-state index contributed by atoms with van der Waals surface area (Å²) in [4.78, 5) is 18.4. The van der Waals surface area contributed by atoms with Gasteiger partial charge in [-0.15, -0.1) is 4.79 Å². The van der Waals surface area contributed by atoms with Crippen molar-refractivity contribution in [2.45, 2.75) is 24.2 Å². The number of Topliss-reactive ketones (excluding diaryl/α,β-unsaturated/α-hetero) is 1. The molecule has 26 heavy (non-hydrogen) atoms. The predicted octanol–water partition coefficient (Wildman–Crippen LogP) is 3.33. The summed E-state index contributed by atoms with van der Waals surface area (Å²) in [6, 6.07) is 15.1. The SMILES string of the molecule is CC(CC(=O)C(=[N+]=[N-])S(=O)(=O)c1ccccc1)c1c[nH]c2ccccc12. The molecule has 0 saturated carbocycles. The summed E-state index contributed by atoms with van der Waals surface area (Å²) < 4.78 is 25.1. The van der Waals surface area contributed by atoms with E-state index in [0.29, 0.717) is 0 Å². The number of aromatic amines is 1. The van der Waals surface area contributed by atoms with Gasteiger partial charge >= 0.3 is 5.04 Å². The van der Waals surface area contributed by atoms with E-state index in [1.165, 1.54) is 12.1 Å². The first-order valence-electron chi connectivity index (χ1n) is 8.06. The van der Waals surface area contributed by atoms with Crippen LogP contribution in [0, 0.1) is 0 Å². The van der Waals surface area contributed by atoms with Crippen LogP contribution in [-0.4, -0.2) is 29.0 Å². The van der Waals surface area contributed by atoms with Crippen molar-refractivity contribution in [2.75, 3.05) is 0 Å². The Kier molecular flexibility index (Phi) is 4.84. The number of nitrogens with zero attached hydrogens (tertiary/aromatic N) is 2. The minimum Gasteiger partial charge on any atom is -0.361 e. The third kappa shape index (κ3) is 3.22. The number of rotatable bonds is 5. The Morgan fingerprint density at radius 2 is 1.77 bits per heavy atom. The molecule has 0 amide bonds. The molecule has 7 heteroatoms. The highest BCUT2D eigenvalue weighted by Crippen LogP contribution is 2.28. The Balaban J connectivity index is 1.87. The molecule has 1 atom stereocenters. The Hall–Kier alpha value is -3.02. The molecule has 132 valence electrons. The van der Waals surface area contributed by atoms with Crippen LogP contribution < -0.4 is 0 Å². The molecule has 3 aromatic rings. The zero-order valence-electron chi connectivity index (χ0n) is 14.1. The minimum absolute atomic E-state index is 0.0825. The van der Waals surface area contributed by atoms with Crippen LogP contribution >= 0.6 is 0 Å². The quantitative estimate of drug-likeness (QED) is 0.324. The maximum absolute atomic E-state index is 12.6. The second-order valence-electron chi connectivity index (χ2n) is 6.04. The average molecular weight is 367 g/mol. The molecule has 1 N–H and O–H groups in total. The number of sulfone groups is 1. The minimum atomic E-state index is -4.16. The van der Waals surface area contributed by atoms with Crippen LogP contribution in [0.5, 0.6) is 0 Å². The van der Waals surface area contributed by atoms with Crippen LogP contribution in [0.4, 0.5) is 0 Å².